The Morgan fingerprint density at radius 3 is 3.00 bits per heavy atom. The Bertz CT molecular complexity index is 713. The Labute approximate surface area is 121 Å². The maximum absolute atomic E-state index is 13.7. The number of rotatable bonds is 3. The van der Waals surface area contributed by atoms with Crippen molar-refractivity contribution in [3.8, 4) is 11.8 Å². The fourth-order valence-corrected chi connectivity index (χ4v) is 1.71. The second-order valence-electron chi connectivity index (χ2n) is 4.33. The highest BCUT2D eigenvalue weighted by Crippen LogP contribution is 2.11. The van der Waals surface area contributed by atoms with Crippen molar-refractivity contribution in [2.45, 2.75) is 13.5 Å². The van der Waals surface area contributed by atoms with Gasteiger partial charge in [0.25, 0.3) is 5.91 Å². The van der Waals surface area contributed by atoms with E-state index in [-0.39, 0.29) is 18.8 Å². The molecule has 0 saturated carbocycles. The molecule has 1 aromatic carbocycles. The lowest BCUT2D eigenvalue weighted by molar-refractivity contribution is 0.0912. The summed E-state index contributed by atoms with van der Waals surface area (Å²) in [7, 11) is 0. The Hall–Kier alpha value is -2.65. The fourth-order valence-electron chi connectivity index (χ4n) is 1.71. The molecular formula is C15H14FN3O2. The van der Waals surface area contributed by atoms with E-state index in [2.05, 4.69) is 22.3 Å². The molecule has 0 spiro atoms. The summed E-state index contributed by atoms with van der Waals surface area (Å²) in [5.74, 6) is 4.77. The normalized spacial score (nSPS) is 9.86. The van der Waals surface area contributed by atoms with Crippen LogP contribution in [0.15, 0.2) is 28.9 Å². The molecule has 5 nitrogen and oxygen atoms in total. The third-order valence-corrected chi connectivity index (χ3v) is 2.77. The van der Waals surface area contributed by atoms with Gasteiger partial charge in [-0.1, -0.05) is 17.0 Å². The first kappa shape index (κ1) is 14.8. The van der Waals surface area contributed by atoms with Gasteiger partial charge in [-0.25, -0.2) is 4.39 Å². The average Bonchev–Trinajstić information content (AvgIpc) is 2.91. The molecular weight excluding hydrogens is 273 g/mol. The van der Waals surface area contributed by atoms with Gasteiger partial charge in [-0.05, 0) is 25.1 Å². The van der Waals surface area contributed by atoms with E-state index in [1.54, 1.807) is 19.1 Å². The monoisotopic (exact) mass is 287 g/mol. The smallest absolute Gasteiger partial charge is 0.290 e. The van der Waals surface area contributed by atoms with Gasteiger partial charge < -0.3 is 15.6 Å². The van der Waals surface area contributed by atoms with Crippen molar-refractivity contribution in [1.29, 1.82) is 0 Å². The molecule has 108 valence electrons. The molecule has 1 amide bonds. The molecule has 2 rings (SSSR count). The van der Waals surface area contributed by atoms with Crippen LogP contribution in [0.4, 0.5) is 4.39 Å². The van der Waals surface area contributed by atoms with E-state index in [1.807, 2.05) is 0 Å². The first-order chi connectivity index (χ1) is 10.1. The Morgan fingerprint density at radius 2 is 2.33 bits per heavy atom. The minimum atomic E-state index is -0.442. The lowest BCUT2D eigenvalue weighted by atomic mass is 10.1. The van der Waals surface area contributed by atoms with E-state index < -0.39 is 11.7 Å². The molecule has 0 fully saturated rings. The fraction of sp³-hybridized carbons (Fsp3) is 0.200. The standard InChI is InChI=1S/C15H14FN3O2/c1-10-8-19-21-14(10)15(20)18-9-12-7-11(3-2-6-17)4-5-13(12)16/h4-5,7-8H,6,9,17H2,1H3,(H,18,20). The van der Waals surface area contributed by atoms with Gasteiger partial charge in [0.2, 0.25) is 5.76 Å². The molecule has 0 atom stereocenters. The van der Waals surface area contributed by atoms with Crippen LogP contribution >= 0.6 is 0 Å². The second-order valence-corrected chi connectivity index (χ2v) is 4.33. The van der Waals surface area contributed by atoms with E-state index in [4.69, 9.17) is 10.3 Å². The molecule has 0 bridgehead atoms. The lowest BCUT2D eigenvalue weighted by Crippen LogP contribution is -2.23. The molecule has 0 aliphatic carbocycles. The van der Waals surface area contributed by atoms with Crippen LogP contribution in [-0.2, 0) is 6.54 Å². The summed E-state index contributed by atoms with van der Waals surface area (Å²) >= 11 is 0. The lowest BCUT2D eigenvalue weighted by Gasteiger charge is -2.05. The summed E-state index contributed by atoms with van der Waals surface area (Å²) in [6, 6.07) is 4.44. The summed E-state index contributed by atoms with van der Waals surface area (Å²) < 4.78 is 18.5. The third-order valence-electron chi connectivity index (χ3n) is 2.77. The van der Waals surface area contributed by atoms with Crippen LogP contribution < -0.4 is 11.1 Å². The summed E-state index contributed by atoms with van der Waals surface area (Å²) in [6.07, 6.45) is 1.44. The summed E-state index contributed by atoms with van der Waals surface area (Å²) in [4.78, 5) is 11.9. The topological polar surface area (TPSA) is 81.2 Å². The van der Waals surface area contributed by atoms with Crippen molar-refractivity contribution in [1.82, 2.24) is 10.5 Å². The van der Waals surface area contributed by atoms with Crippen LogP contribution in [0, 0.1) is 24.6 Å². The van der Waals surface area contributed by atoms with E-state index >= 15 is 0 Å². The minimum Gasteiger partial charge on any atom is -0.351 e. The van der Waals surface area contributed by atoms with Gasteiger partial charge in [-0.2, -0.15) is 0 Å². The summed E-state index contributed by atoms with van der Waals surface area (Å²) in [6.45, 7) is 1.96. The van der Waals surface area contributed by atoms with Crippen LogP contribution in [0.2, 0.25) is 0 Å². The number of hydrogen-bond acceptors (Lipinski definition) is 4. The maximum Gasteiger partial charge on any atom is 0.290 e. The molecule has 6 heteroatoms. The van der Waals surface area contributed by atoms with Crippen molar-refractivity contribution in [3.63, 3.8) is 0 Å². The molecule has 0 saturated heterocycles. The summed E-state index contributed by atoms with van der Waals surface area (Å²) in [5, 5.41) is 6.10. The number of hydrogen-bond donors (Lipinski definition) is 2. The van der Waals surface area contributed by atoms with Gasteiger partial charge >= 0.3 is 0 Å². The summed E-state index contributed by atoms with van der Waals surface area (Å²) in [5.41, 5.74) is 6.89. The molecule has 0 aliphatic heterocycles. The Morgan fingerprint density at radius 1 is 1.52 bits per heavy atom. The number of halogens is 1. The van der Waals surface area contributed by atoms with Crippen LogP contribution in [0.1, 0.15) is 27.2 Å². The van der Waals surface area contributed by atoms with Crippen molar-refractivity contribution >= 4 is 5.91 Å². The number of nitrogens with zero attached hydrogens (tertiary/aromatic N) is 1. The Balaban J connectivity index is 2.09. The maximum atomic E-state index is 13.7. The minimum absolute atomic E-state index is 0.0307. The zero-order valence-corrected chi connectivity index (χ0v) is 11.4. The second kappa shape index (κ2) is 6.68. The first-order valence-corrected chi connectivity index (χ1v) is 6.28. The predicted molar refractivity (Wildman–Crippen MR) is 74.7 cm³/mol. The van der Waals surface area contributed by atoms with Crippen molar-refractivity contribution in [3.05, 3.63) is 52.7 Å². The number of carbonyl (C=O) groups is 1. The van der Waals surface area contributed by atoms with Crippen molar-refractivity contribution in [2.24, 2.45) is 5.73 Å². The Kier molecular flexibility index (Phi) is 4.69. The first-order valence-electron chi connectivity index (χ1n) is 6.28. The van der Waals surface area contributed by atoms with E-state index in [1.165, 1.54) is 12.3 Å². The van der Waals surface area contributed by atoms with Crippen molar-refractivity contribution in [2.75, 3.05) is 6.54 Å². The zero-order valence-electron chi connectivity index (χ0n) is 11.4. The van der Waals surface area contributed by atoms with Gasteiger partial charge in [0.05, 0.1) is 12.7 Å². The van der Waals surface area contributed by atoms with E-state index in [0.717, 1.165) is 0 Å². The molecule has 2 aromatic rings. The average molecular weight is 287 g/mol. The number of aromatic nitrogens is 1. The third kappa shape index (κ3) is 3.68. The highest BCUT2D eigenvalue weighted by atomic mass is 19.1. The highest BCUT2D eigenvalue weighted by molar-refractivity contribution is 5.92. The molecule has 21 heavy (non-hydrogen) atoms. The number of benzene rings is 1. The largest absolute Gasteiger partial charge is 0.351 e. The molecule has 0 aliphatic rings. The zero-order chi connectivity index (χ0) is 15.2. The number of carbonyl (C=O) groups excluding carboxylic acids is 1. The predicted octanol–water partition coefficient (Wildman–Crippen LogP) is 1.36. The number of amides is 1. The SMILES string of the molecule is Cc1cnoc1C(=O)NCc1cc(C#CCN)ccc1F. The van der Waals surface area contributed by atoms with Gasteiger partial charge in [0, 0.05) is 23.2 Å². The van der Waals surface area contributed by atoms with Crippen LogP contribution in [-0.4, -0.2) is 17.6 Å². The quantitative estimate of drug-likeness (QED) is 0.835. The number of nitrogens with one attached hydrogen (secondary N) is 1. The van der Waals surface area contributed by atoms with Gasteiger partial charge in [0.15, 0.2) is 0 Å². The van der Waals surface area contributed by atoms with E-state index in [0.29, 0.717) is 16.7 Å². The van der Waals surface area contributed by atoms with Crippen LogP contribution in [0.3, 0.4) is 0 Å². The molecule has 1 heterocycles. The molecule has 0 unspecified atom stereocenters. The van der Waals surface area contributed by atoms with Gasteiger partial charge in [0.1, 0.15) is 5.82 Å². The molecule has 3 N–H and O–H groups in total. The number of nitrogens with two attached hydrogens (primary N) is 1. The van der Waals surface area contributed by atoms with E-state index in [9.17, 15) is 9.18 Å². The number of aryl methyl sites for hydroxylation is 1. The van der Waals surface area contributed by atoms with Gasteiger partial charge in [-0.3, -0.25) is 4.79 Å². The van der Waals surface area contributed by atoms with Crippen molar-refractivity contribution < 1.29 is 13.7 Å². The van der Waals surface area contributed by atoms with Gasteiger partial charge in [-0.15, -0.1) is 0 Å². The van der Waals surface area contributed by atoms with Crippen LogP contribution in [0.25, 0.3) is 0 Å². The highest BCUT2D eigenvalue weighted by Gasteiger charge is 2.14. The molecule has 1 aromatic heterocycles. The molecule has 0 radical (unpaired) electrons. The van der Waals surface area contributed by atoms with Crippen LogP contribution in [0.5, 0.6) is 0 Å².